The summed E-state index contributed by atoms with van der Waals surface area (Å²) in [5.74, 6) is 1.77. The minimum atomic E-state index is -3.70. The van der Waals surface area contributed by atoms with E-state index in [2.05, 4.69) is 14.4 Å². The van der Waals surface area contributed by atoms with Crippen molar-refractivity contribution in [2.45, 2.75) is 17.1 Å². The molecule has 2 rings (SSSR count). The first-order valence-electron chi connectivity index (χ1n) is 6.14. The highest BCUT2D eigenvalue weighted by molar-refractivity contribution is 7.99. The fourth-order valence-corrected chi connectivity index (χ4v) is 5.40. The number of carbonyl (C=O) groups is 1. The van der Waals surface area contributed by atoms with Crippen molar-refractivity contribution < 1.29 is 17.9 Å². The van der Waals surface area contributed by atoms with Crippen LogP contribution in [0.3, 0.4) is 0 Å². The van der Waals surface area contributed by atoms with E-state index in [4.69, 9.17) is 0 Å². The third-order valence-corrected chi connectivity index (χ3v) is 6.90. The van der Waals surface area contributed by atoms with Crippen LogP contribution in [-0.4, -0.2) is 44.5 Å². The maximum Gasteiger partial charge on any atom is 0.358 e. The van der Waals surface area contributed by atoms with E-state index >= 15 is 0 Å². The molecule has 20 heavy (non-hydrogen) atoms. The summed E-state index contributed by atoms with van der Waals surface area (Å²) in [4.78, 5) is 15.2. The molecule has 0 aliphatic carbocycles. The lowest BCUT2D eigenvalue weighted by atomic mass is 10.0. The average molecular weight is 336 g/mol. The summed E-state index contributed by atoms with van der Waals surface area (Å²) in [6.07, 6.45) is 2.03. The van der Waals surface area contributed by atoms with Gasteiger partial charge in [0.2, 0.25) is 0 Å². The number of methoxy groups -OCH3 is 1. The van der Waals surface area contributed by atoms with Gasteiger partial charge in [0.25, 0.3) is 10.0 Å². The predicted molar refractivity (Wildman–Crippen MR) is 78.7 cm³/mol. The quantitative estimate of drug-likeness (QED) is 0.817. The highest BCUT2D eigenvalue weighted by atomic mass is 32.2. The number of nitrogens with one attached hydrogen (secondary N) is 1. The van der Waals surface area contributed by atoms with Crippen LogP contribution in [0.1, 0.15) is 23.3 Å². The third kappa shape index (κ3) is 3.72. The second-order valence-electron chi connectivity index (χ2n) is 4.39. The number of sulfonamides is 1. The van der Waals surface area contributed by atoms with Gasteiger partial charge >= 0.3 is 5.97 Å². The van der Waals surface area contributed by atoms with Crippen LogP contribution in [-0.2, 0) is 14.8 Å². The Labute approximate surface area is 126 Å². The molecule has 2 heterocycles. The Bertz CT molecular complexity index is 564. The van der Waals surface area contributed by atoms with Gasteiger partial charge in [0, 0.05) is 6.54 Å². The minimum Gasteiger partial charge on any atom is -0.464 e. The molecule has 0 unspecified atom stereocenters. The van der Waals surface area contributed by atoms with Crippen LogP contribution in [0.5, 0.6) is 0 Å². The molecule has 0 bridgehead atoms. The van der Waals surface area contributed by atoms with Crippen molar-refractivity contribution in [2.24, 2.45) is 5.92 Å². The molecule has 0 saturated carbocycles. The molecule has 112 valence electrons. The van der Waals surface area contributed by atoms with E-state index in [1.165, 1.54) is 12.6 Å². The highest BCUT2D eigenvalue weighted by Gasteiger charge is 2.27. The summed E-state index contributed by atoms with van der Waals surface area (Å²) in [7, 11) is -2.50. The van der Waals surface area contributed by atoms with Crippen molar-refractivity contribution in [2.75, 3.05) is 25.2 Å². The maximum atomic E-state index is 12.2. The normalized spacial score (nSPS) is 17.1. The van der Waals surface area contributed by atoms with E-state index in [0.29, 0.717) is 12.5 Å². The fourth-order valence-electron chi connectivity index (χ4n) is 1.90. The SMILES string of the molecule is COC(=O)c1ncsc1S(=O)(=O)NCC1CCSCC1. The van der Waals surface area contributed by atoms with Gasteiger partial charge in [0.15, 0.2) is 9.90 Å². The first kappa shape index (κ1) is 15.7. The molecule has 1 fully saturated rings. The van der Waals surface area contributed by atoms with Gasteiger partial charge in [-0.3, -0.25) is 0 Å². The largest absolute Gasteiger partial charge is 0.464 e. The van der Waals surface area contributed by atoms with Crippen molar-refractivity contribution in [3.63, 3.8) is 0 Å². The standard InChI is InChI=1S/C11H16N2O4S3/c1-17-10(14)9-11(19-7-12-9)20(15,16)13-6-8-2-4-18-5-3-8/h7-8,13H,2-6H2,1H3. The number of hydrogen-bond donors (Lipinski definition) is 1. The Kier molecular flexibility index (Phi) is 5.42. The van der Waals surface area contributed by atoms with Gasteiger partial charge < -0.3 is 4.74 Å². The van der Waals surface area contributed by atoms with Crippen LogP contribution >= 0.6 is 23.1 Å². The smallest absolute Gasteiger partial charge is 0.358 e. The zero-order valence-corrected chi connectivity index (χ0v) is 13.4. The van der Waals surface area contributed by atoms with Crippen LogP contribution in [0.25, 0.3) is 0 Å². The Morgan fingerprint density at radius 3 is 2.85 bits per heavy atom. The molecule has 1 N–H and O–H groups in total. The number of thioether (sulfide) groups is 1. The van der Waals surface area contributed by atoms with Gasteiger partial charge in [-0.2, -0.15) is 11.8 Å². The zero-order valence-electron chi connectivity index (χ0n) is 11.0. The molecule has 0 amide bonds. The van der Waals surface area contributed by atoms with Crippen molar-refractivity contribution >= 4 is 39.1 Å². The van der Waals surface area contributed by atoms with E-state index in [9.17, 15) is 13.2 Å². The van der Waals surface area contributed by atoms with Gasteiger partial charge in [0.05, 0.1) is 12.6 Å². The van der Waals surface area contributed by atoms with Gasteiger partial charge in [-0.05, 0) is 30.3 Å². The summed E-state index contributed by atoms with van der Waals surface area (Å²) in [5, 5.41) is 0. The molecular formula is C11H16N2O4S3. The number of esters is 1. The molecule has 1 aromatic rings. The lowest BCUT2D eigenvalue weighted by molar-refractivity contribution is 0.0590. The van der Waals surface area contributed by atoms with E-state index in [1.807, 2.05) is 11.8 Å². The van der Waals surface area contributed by atoms with Crippen molar-refractivity contribution in [1.29, 1.82) is 0 Å². The molecular weight excluding hydrogens is 320 g/mol. The van der Waals surface area contributed by atoms with Crippen LogP contribution < -0.4 is 4.72 Å². The predicted octanol–water partition coefficient (Wildman–Crippen LogP) is 1.35. The number of rotatable bonds is 5. The number of thiazole rings is 1. The highest BCUT2D eigenvalue weighted by Crippen LogP contribution is 2.24. The Hall–Kier alpha value is -0.640. The van der Waals surface area contributed by atoms with Crippen molar-refractivity contribution in [1.82, 2.24) is 9.71 Å². The molecule has 1 aliphatic heterocycles. The minimum absolute atomic E-state index is 0.0745. The van der Waals surface area contributed by atoms with E-state index in [-0.39, 0.29) is 9.90 Å². The summed E-state index contributed by atoms with van der Waals surface area (Å²) in [6, 6.07) is 0. The summed E-state index contributed by atoms with van der Waals surface area (Å²) < 4.78 is 31.5. The molecule has 0 radical (unpaired) electrons. The Morgan fingerprint density at radius 2 is 2.20 bits per heavy atom. The molecule has 1 aliphatic rings. The first-order chi connectivity index (χ1) is 9.54. The summed E-state index contributed by atoms with van der Waals surface area (Å²) >= 11 is 2.81. The topological polar surface area (TPSA) is 85.4 Å². The molecule has 0 spiro atoms. The Balaban J connectivity index is 2.06. The molecule has 0 atom stereocenters. The number of carbonyl (C=O) groups excluding carboxylic acids is 1. The van der Waals surface area contributed by atoms with Crippen LogP contribution in [0, 0.1) is 5.92 Å². The van der Waals surface area contributed by atoms with E-state index < -0.39 is 16.0 Å². The average Bonchev–Trinajstić information content (AvgIpc) is 2.96. The molecule has 0 aromatic carbocycles. The maximum absolute atomic E-state index is 12.2. The van der Waals surface area contributed by atoms with Gasteiger partial charge in [-0.15, -0.1) is 11.3 Å². The first-order valence-corrected chi connectivity index (χ1v) is 9.65. The van der Waals surface area contributed by atoms with E-state index in [1.54, 1.807) is 0 Å². The summed E-state index contributed by atoms with van der Waals surface area (Å²) in [6.45, 7) is 0.404. The molecule has 6 nitrogen and oxygen atoms in total. The van der Waals surface area contributed by atoms with Crippen molar-refractivity contribution in [3.8, 4) is 0 Å². The number of hydrogen-bond acceptors (Lipinski definition) is 7. The number of aromatic nitrogens is 1. The second kappa shape index (κ2) is 6.88. The number of nitrogens with zero attached hydrogens (tertiary/aromatic N) is 1. The second-order valence-corrected chi connectivity index (χ2v) is 8.43. The molecule has 1 saturated heterocycles. The number of ether oxygens (including phenoxy) is 1. The van der Waals surface area contributed by atoms with Crippen LogP contribution in [0.15, 0.2) is 9.72 Å². The third-order valence-electron chi connectivity index (χ3n) is 3.06. The lowest BCUT2D eigenvalue weighted by Crippen LogP contribution is -2.31. The fraction of sp³-hybridized carbons (Fsp3) is 0.636. The van der Waals surface area contributed by atoms with Crippen molar-refractivity contribution in [3.05, 3.63) is 11.2 Å². The Morgan fingerprint density at radius 1 is 1.50 bits per heavy atom. The molecule has 1 aromatic heterocycles. The summed E-state index contributed by atoms with van der Waals surface area (Å²) in [5.41, 5.74) is 1.18. The van der Waals surface area contributed by atoms with Gasteiger partial charge in [-0.1, -0.05) is 0 Å². The van der Waals surface area contributed by atoms with Gasteiger partial charge in [-0.25, -0.2) is 22.9 Å². The zero-order chi connectivity index (χ0) is 14.6. The van der Waals surface area contributed by atoms with Crippen LogP contribution in [0.4, 0.5) is 0 Å². The van der Waals surface area contributed by atoms with Crippen LogP contribution in [0.2, 0.25) is 0 Å². The van der Waals surface area contributed by atoms with Gasteiger partial charge in [0.1, 0.15) is 0 Å². The lowest BCUT2D eigenvalue weighted by Gasteiger charge is -2.21. The molecule has 9 heteroatoms. The van der Waals surface area contributed by atoms with E-state index in [0.717, 1.165) is 35.7 Å². The monoisotopic (exact) mass is 336 g/mol.